The number of hydrogen-bond acceptors (Lipinski definition) is 40. The Bertz CT molecular complexity index is 3740. The van der Waals surface area contributed by atoms with Gasteiger partial charge in [-0.15, -0.1) is 0 Å². The number of ether oxygens (including phenoxy) is 20. The molecule has 0 bridgehead atoms. The van der Waals surface area contributed by atoms with Crippen molar-refractivity contribution in [1.29, 1.82) is 0 Å². The van der Waals surface area contributed by atoms with Crippen molar-refractivity contribution in [3.8, 4) is 0 Å². The van der Waals surface area contributed by atoms with E-state index in [0.717, 1.165) is 96.3 Å². The molecule has 7 unspecified atom stereocenters. The summed E-state index contributed by atoms with van der Waals surface area (Å²) < 4.78 is 97.4. The first-order valence-electron chi connectivity index (χ1n) is 51.4. The largest absolute Gasteiger partial charge is 0.463 e. The van der Waals surface area contributed by atoms with Gasteiger partial charge in [0.2, 0.25) is 56.0 Å². The molecular weight excluding hydrogens is 1960 g/mol. The molecule has 40 nitrogen and oxygen atoms in total. The topological polar surface area (TPSA) is 526 Å². The number of rotatable bonds is 63. The third kappa shape index (κ3) is 85.0. The van der Waals surface area contributed by atoms with Gasteiger partial charge in [0, 0.05) is 0 Å². The van der Waals surface area contributed by atoms with Crippen molar-refractivity contribution in [2.24, 2.45) is 52.3 Å². The quantitative estimate of drug-likeness (QED) is 0.0236. The Morgan fingerprint density at radius 1 is 0.267 bits per heavy atom. The second-order valence-corrected chi connectivity index (χ2v) is 44.7. The van der Waals surface area contributed by atoms with Crippen molar-refractivity contribution in [3.63, 3.8) is 0 Å². The third-order valence-corrected chi connectivity index (χ3v) is 22.0. The van der Waals surface area contributed by atoms with Crippen LogP contribution in [0.25, 0.3) is 0 Å². The highest BCUT2D eigenvalue weighted by Gasteiger charge is 2.41. The fraction of sp³-hybridized carbons (Fsp3) is 0.818. The van der Waals surface area contributed by atoms with Gasteiger partial charge in [-0.1, -0.05) is 184 Å². The van der Waals surface area contributed by atoms with Crippen LogP contribution in [0.2, 0.25) is 0 Å². The van der Waals surface area contributed by atoms with E-state index in [1.807, 2.05) is 96.9 Å². The lowest BCUT2D eigenvalue weighted by atomic mass is 9.92. The first-order valence-corrected chi connectivity index (χ1v) is 51.4. The Kier molecular flexibility index (Phi) is 87.3. The van der Waals surface area contributed by atoms with Crippen LogP contribution in [-0.4, -0.2) is 244 Å². The summed E-state index contributed by atoms with van der Waals surface area (Å²) in [5, 5.41) is 0. The van der Waals surface area contributed by atoms with Gasteiger partial charge >= 0.3 is 59.7 Å². The number of carbonyl (C=O) groups is 20. The predicted octanol–water partition coefficient (Wildman–Crippen LogP) is 19.3. The molecule has 0 radical (unpaired) electrons. The van der Waals surface area contributed by atoms with Gasteiger partial charge in [-0.25, -0.2) is 47.9 Å². The summed E-state index contributed by atoms with van der Waals surface area (Å²) in [6, 6.07) is 0. The number of esters is 10. The molecule has 0 aliphatic rings. The van der Waals surface area contributed by atoms with Crippen molar-refractivity contribution < 1.29 is 191 Å². The lowest BCUT2D eigenvalue weighted by Crippen LogP contribution is -2.41. The third-order valence-electron chi connectivity index (χ3n) is 22.0. The van der Waals surface area contributed by atoms with Gasteiger partial charge in [0.1, 0.15) is 17.8 Å². The molecule has 0 saturated heterocycles. The van der Waals surface area contributed by atoms with Gasteiger partial charge in [-0.3, -0.25) is 47.9 Å². The zero-order valence-electron chi connectivity index (χ0n) is 100. The second-order valence-electron chi connectivity index (χ2n) is 44.7. The normalized spacial score (nSPS) is 12.9. The summed E-state index contributed by atoms with van der Waals surface area (Å²) in [6.07, 6.45) is 13.1. The van der Waals surface area contributed by atoms with Crippen molar-refractivity contribution >= 4 is 124 Å². The molecule has 0 rings (SSSR count). The average molecular weight is 2160 g/mol. The molecule has 0 heterocycles. The van der Waals surface area contributed by atoms with Crippen LogP contribution >= 0.6 is 0 Å². The summed E-state index contributed by atoms with van der Waals surface area (Å²) >= 11 is 0. The van der Waals surface area contributed by atoms with Crippen molar-refractivity contribution in [2.75, 3.05) is 39.6 Å². The van der Waals surface area contributed by atoms with E-state index in [1.54, 1.807) is 0 Å². The Balaban J connectivity index is -0.000000181. The zero-order valence-corrected chi connectivity index (χ0v) is 100. The van der Waals surface area contributed by atoms with Crippen LogP contribution in [0, 0.1) is 52.3 Å². The van der Waals surface area contributed by atoms with E-state index < -0.39 is 121 Å². The van der Waals surface area contributed by atoms with Crippen LogP contribution in [0.5, 0.6) is 0 Å². The minimum atomic E-state index is -1.22. The standard InChI is InChI=1S/10C11H20O4/c1-8(2)9(3)6-14-10(13)11(4,5)15-7-12;1-8(2)6-9(3)15-10(13)11(4,5)14-7-12;1-10(2,3)6-7-14-9(13)11(4,5)15-8-12;1-9(2)6-5-7-14-10(13)11(3,4)15-8-12;1-6-10(2,3)7-14-9(13)11(4,5)15-8-12;1-6-8(2)9(3)15-10(13)11(4,5)14-7-12;1-6-7-10(2,3)15-9(13)11(4,5)14-8-12;1-5-9(2)6-7-14-10(13)11(3,4)15-8-12;1-5-6-9(2)7-14-10(13)11(3,4)15-8-12;1-5-7-9(6-2)15-10(13)11(3,4)14-8-12/h2*7-9H,6H2,1-5H3;8H,6-7H2,1-5H3;8-9H,5-7H2,1-4H3;8H,6-7H2,1-5H3;7-9H,6H2,1-5H3;8H,6-7H2,1-5H3;3*8-9H,5-7H2,1-4H3. The summed E-state index contributed by atoms with van der Waals surface area (Å²) in [7, 11) is 0. The first kappa shape index (κ1) is 159. The Morgan fingerprint density at radius 2 is 0.573 bits per heavy atom. The minimum absolute atomic E-state index is 0.0487. The fourth-order valence-electron chi connectivity index (χ4n) is 9.73. The molecule has 0 aliphatic carbocycles. The predicted molar refractivity (Wildman–Crippen MR) is 563 cm³/mol. The van der Waals surface area contributed by atoms with E-state index in [0.29, 0.717) is 81.1 Å². The molecule has 7 atom stereocenters. The molecule has 0 saturated carbocycles. The molecule has 0 fully saturated rings. The van der Waals surface area contributed by atoms with Crippen molar-refractivity contribution in [1.82, 2.24) is 0 Å². The maximum Gasteiger partial charge on any atom is 0.350 e. The van der Waals surface area contributed by atoms with Crippen LogP contribution in [0.1, 0.15) is 415 Å². The lowest BCUT2D eigenvalue weighted by Gasteiger charge is -2.29. The van der Waals surface area contributed by atoms with Crippen LogP contribution < -0.4 is 0 Å². The van der Waals surface area contributed by atoms with Crippen LogP contribution in [0.15, 0.2) is 0 Å². The van der Waals surface area contributed by atoms with E-state index >= 15 is 0 Å². The molecular formula is C110H200O40. The van der Waals surface area contributed by atoms with Gasteiger partial charge in [0.25, 0.3) is 64.7 Å². The highest BCUT2D eigenvalue weighted by molar-refractivity contribution is 5.84. The number of carbonyl (C=O) groups excluding carboxylic acids is 20. The fourth-order valence-corrected chi connectivity index (χ4v) is 9.73. The van der Waals surface area contributed by atoms with E-state index in [-0.39, 0.29) is 93.9 Å². The summed E-state index contributed by atoms with van der Waals surface area (Å²) in [5.74, 6) is -2.11. The highest BCUT2D eigenvalue weighted by Crippen LogP contribution is 2.27. The Morgan fingerprint density at radius 3 is 0.867 bits per heavy atom. The second kappa shape index (κ2) is 82.1. The molecule has 880 valence electrons. The minimum Gasteiger partial charge on any atom is -0.463 e. The first-order chi connectivity index (χ1) is 68.4. The molecule has 0 aromatic carbocycles. The Hall–Kier alpha value is -10.6. The van der Waals surface area contributed by atoms with Gasteiger partial charge in [-0.2, -0.15) is 0 Å². The van der Waals surface area contributed by atoms with Crippen LogP contribution in [0.4, 0.5) is 0 Å². The average Bonchev–Trinajstić information content (AvgIpc) is 0.802. The Labute approximate surface area is 897 Å². The van der Waals surface area contributed by atoms with Crippen molar-refractivity contribution in [2.45, 2.75) is 495 Å². The molecule has 40 heteroatoms. The van der Waals surface area contributed by atoms with Gasteiger partial charge in [0.05, 0.1) is 45.7 Å². The van der Waals surface area contributed by atoms with E-state index in [9.17, 15) is 95.9 Å². The SMILES string of the molecule is CC(C)(C)CCOC(=O)C(C)(C)OC=O.CC(C)C(C)COC(=O)C(C)(C)OC=O.CC(C)CC(C)OC(=O)C(C)(C)OC=O.CC(C)CCCOC(=O)C(C)(C)OC=O.CCC(C)(C)COC(=O)C(C)(C)OC=O.CCC(C)C(C)OC(=O)C(C)(C)OC=O.CCC(C)CCOC(=O)C(C)(C)OC=O.CCCC(C)(C)OC(=O)C(C)(C)OC=O.CCCC(C)COC(=O)C(C)(C)OC=O.CCCC(CC)OC(=O)C(C)(C)OC=O. The molecule has 0 aromatic heterocycles. The molecule has 0 N–H and O–H groups in total. The smallest absolute Gasteiger partial charge is 0.350 e. The lowest BCUT2D eigenvalue weighted by molar-refractivity contribution is -0.182. The summed E-state index contributed by atoms with van der Waals surface area (Å²) in [4.78, 5) is 217. The summed E-state index contributed by atoms with van der Waals surface area (Å²) in [5.41, 5.74) is -12.4. The van der Waals surface area contributed by atoms with Gasteiger partial charge in [-0.05, 0) is 283 Å². The molecule has 0 spiro atoms. The van der Waals surface area contributed by atoms with Gasteiger partial charge in [0.15, 0.2) is 0 Å². The number of hydrogen-bond donors (Lipinski definition) is 0. The highest BCUT2D eigenvalue weighted by atomic mass is 16.7. The molecule has 0 amide bonds. The van der Waals surface area contributed by atoms with Crippen LogP contribution in [-0.2, 0) is 191 Å². The van der Waals surface area contributed by atoms with E-state index in [1.165, 1.54) is 138 Å². The van der Waals surface area contributed by atoms with E-state index in [2.05, 4.69) is 130 Å². The van der Waals surface area contributed by atoms with Crippen molar-refractivity contribution in [3.05, 3.63) is 0 Å². The van der Waals surface area contributed by atoms with E-state index in [4.69, 9.17) is 47.4 Å². The summed E-state index contributed by atoms with van der Waals surface area (Å²) in [6.45, 7) is 87.2. The molecule has 150 heavy (non-hydrogen) atoms. The maximum atomic E-state index is 11.6. The molecule has 0 aromatic rings. The van der Waals surface area contributed by atoms with Crippen LogP contribution in [0.3, 0.4) is 0 Å². The maximum absolute atomic E-state index is 11.6. The zero-order chi connectivity index (χ0) is 120. The molecule has 0 aliphatic heterocycles. The monoisotopic (exact) mass is 2160 g/mol. The van der Waals surface area contributed by atoms with Gasteiger partial charge < -0.3 is 94.7 Å².